The van der Waals surface area contributed by atoms with E-state index in [0.717, 1.165) is 44.8 Å². The lowest BCUT2D eigenvalue weighted by Crippen LogP contribution is -2.27. The van der Waals surface area contributed by atoms with E-state index in [1.54, 1.807) is 0 Å². The Labute approximate surface area is 157 Å². The van der Waals surface area contributed by atoms with Gasteiger partial charge in [0.25, 0.3) is 0 Å². The van der Waals surface area contributed by atoms with Crippen LogP contribution in [0.5, 0.6) is 5.88 Å². The van der Waals surface area contributed by atoms with E-state index in [1.807, 2.05) is 13.8 Å². The lowest BCUT2D eigenvalue weighted by atomic mass is 10.0. The molecular weight excluding hydrogens is 326 g/mol. The van der Waals surface area contributed by atoms with Gasteiger partial charge < -0.3 is 20.4 Å². The summed E-state index contributed by atoms with van der Waals surface area (Å²) in [6, 6.07) is 10.5. The van der Waals surface area contributed by atoms with Crippen molar-refractivity contribution in [3.05, 3.63) is 30.3 Å². The number of rotatable bonds is 5. The topological polar surface area (TPSA) is 69.3 Å². The van der Waals surface area contributed by atoms with Crippen molar-refractivity contribution in [1.82, 2.24) is 9.88 Å². The summed E-state index contributed by atoms with van der Waals surface area (Å²) in [4.78, 5) is 10.5. The van der Waals surface area contributed by atoms with Crippen molar-refractivity contribution in [2.75, 3.05) is 19.7 Å². The van der Waals surface area contributed by atoms with Gasteiger partial charge in [-0.25, -0.2) is 0 Å². The number of benzene rings is 1. The van der Waals surface area contributed by atoms with Crippen molar-refractivity contribution in [3.8, 4) is 5.88 Å². The molecule has 2 heterocycles. The van der Waals surface area contributed by atoms with E-state index < -0.39 is 0 Å². The lowest BCUT2D eigenvalue weighted by Gasteiger charge is -2.16. The van der Waals surface area contributed by atoms with Gasteiger partial charge in [0.15, 0.2) is 5.88 Å². The van der Waals surface area contributed by atoms with Crippen LogP contribution in [0.25, 0.3) is 10.9 Å². The highest BCUT2D eigenvalue weighted by Gasteiger charge is 2.12. The highest BCUT2D eigenvalue weighted by atomic mass is 16.5. The number of fused-ring (bicyclic) bond motifs is 3. The third-order valence-corrected chi connectivity index (χ3v) is 4.34. The number of amides is 1. The van der Waals surface area contributed by atoms with Crippen LogP contribution in [0.15, 0.2) is 30.3 Å². The fourth-order valence-electron chi connectivity index (χ4n) is 2.91. The van der Waals surface area contributed by atoms with Crippen molar-refractivity contribution >= 4 is 16.8 Å². The van der Waals surface area contributed by atoms with E-state index in [4.69, 9.17) is 10.5 Å². The fourth-order valence-corrected chi connectivity index (χ4v) is 2.91. The van der Waals surface area contributed by atoms with Gasteiger partial charge in [0.05, 0.1) is 12.1 Å². The standard InChI is InChI=1S/C11H11NO.C8H18N2O.C2H6/c1-2-5-10-9(4-1)8-11-12(10)6-3-7-13-11;1-3-8(4-5-9)6-10-7(2)11;1-2/h1-2,4-5,8H,3,6-7H2;8H,3-6,9H2,1-2H3,(H,10,11);1-2H3/t;8-;/m.0./s1. The molecule has 146 valence electrons. The summed E-state index contributed by atoms with van der Waals surface area (Å²) < 4.78 is 7.82. The summed E-state index contributed by atoms with van der Waals surface area (Å²) in [7, 11) is 0. The molecule has 0 saturated heterocycles. The third-order valence-electron chi connectivity index (χ3n) is 4.34. The van der Waals surface area contributed by atoms with E-state index in [1.165, 1.54) is 17.8 Å². The number of para-hydroxylation sites is 1. The van der Waals surface area contributed by atoms with E-state index >= 15 is 0 Å². The van der Waals surface area contributed by atoms with Crippen LogP contribution in [-0.2, 0) is 11.3 Å². The Kier molecular flexibility index (Phi) is 10.5. The van der Waals surface area contributed by atoms with Crippen molar-refractivity contribution < 1.29 is 9.53 Å². The van der Waals surface area contributed by atoms with E-state index in [2.05, 4.69) is 47.1 Å². The monoisotopic (exact) mass is 361 g/mol. The molecule has 1 aromatic carbocycles. The van der Waals surface area contributed by atoms with Gasteiger partial charge in [0, 0.05) is 31.5 Å². The number of nitrogens with one attached hydrogen (secondary N) is 1. The molecule has 5 heteroatoms. The molecule has 0 saturated carbocycles. The number of nitrogens with zero attached hydrogens (tertiary/aromatic N) is 1. The van der Waals surface area contributed by atoms with Crippen LogP contribution in [0.1, 0.15) is 47.0 Å². The molecule has 0 fully saturated rings. The Hall–Kier alpha value is -2.01. The average Bonchev–Trinajstić information content (AvgIpc) is 3.06. The van der Waals surface area contributed by atoms with Gasteiger partial charge >= 0.3 is 0 Å². The van der Waals surface area contributed by atoms with Gasteiger partial charge in [-0.1, -0.05) is 45.4 Å². The maximum absolute atomic E-state index is 10.5. The molecule has 0 radical (unpaired) electrons. The minimum Gasteiger partial charge on any atom is -0.479 e. The Balaban J connectivity index is 0.000000242. The van der Waals surface area contributed by atoms with Crippen LogP contribution >= 0.6 is 0 Å². The van der Waals surface area contributed by atoms with Crippen molar-refractivity contribution in [1.29, 1.82) is 0 Å². The molecule has 5 nitrogen and oxygen atoms in total. The summed E-state index contributed by atoms with van der Waals surface area (Å²) in [5.74, 6) is 1.61. The minimum atomic E-state index is 0.0421. The average molecular weight is 362 g/mol. The van der Waals surface area contributed by atoms with E-state index in [9.17, 15) is 4.79 Å². The first-order chi connectivity index (χ1) is 12.7. The molecule has 0 bridgehead atoms. The Morgan fingerprint density at radius 2 is 2.08 bits per heavy atom. The van der Waals surface area contributed by atoms with E-state index in [-0.39, 0.29) is 5.91 Å². The van der Waals surface area contributed by atoms with Crippen molar-refractivity contribution in [2.45, 2.75) is 53.5 Å². The highest BCUT2D eigenvalue weighted by molar-refractivity contribution is 5.82. The van der Waals surface area contributed by atoms with E-state index in [0.29, 0.717) is 12.5 Å². The Bertz CT molecular complexity index is 652. The lowest BCUT2D eigenvalue weighted by molar-refractivity contribution is -0.119. The number of nitrogens with two attached hydrogens (primary N) is 1. The summed E-state index contributed by atoms with van der Waals surface area (Å²) in [5.41, 5.74) is 6.69. The molecule has 3 N–H and O–H groups in total. The van der Waals surface area contributed by atoms with Crippen LogP contribution < -0.4 is 15.8 Å². The molecule has 1 aliphatic heterocycles. The Morgan fingerprint density at radius 3 is 2.73 bits per heavy atom. The van der Waals surface area contributed by atoms with Gasteiger partial charge in [-0.05, 0) is 31.4 Å². The molecule has 0 unspecified atom stereocenters. The first-order valence-electron chi connectivity index (χ1n) is 9.81. The maximum atomic E-state index is 10.5. The van der Waals surface area contributed by atoms with Crippen molar-refractivity contribution in [3.63, 3.8) is 0 Å². The zero-order valence-electron chi connectivity index (χ0n) is 16.8. The highest BCUT2D eigenvalue weighted by Crippen LogP contribution is 2.27. The number of ether oxygens (including phenoxy) is 1. The van der Waals surface area contributed by atoms with Gasteiger partial charge in [-0.3, -0.25) is 4.79 Å². The zero-order valence-corrected chi connectivity index (χ0v) is 16.8. The third kappa shape index (κ3) is 6.71. The minimum absolute atomic E-state index is 0.0421. The summed E-state index contributed by atoms with van der Waals surface area (Å²) in [6.07, 6.45) is 3.19. The number of carbonyl (C=O) groups is 1. The second kappa shape index (κ2) is 12.4. The first kappa shape index (κ1) is 22.0. The zero-order chi connectivity index (χ0) is 19.4. The summed E-state index contributed by atoms with van der Waals surface area (Å²) in [5, 5.41) is 4.06. The van der Waals surface area contributed by atoms with Crippen LogP contribution in [0.3, 0.4) is 0 Å². The number of aromatic nitrogens is 1. The van der Waals surface area contributed by atoms with Gasteiger partial charge in [-0.2, -0.15) is 0 Å². The predicted octanol–water partition coefficient (Wildman–Crippen LogP) is 3.95. The quantitative estimate of drug-likeness (QED) is 0.847. The number of carbonyl (C=O) groups excluding carboxylic acids is 1. The second-order valence-electron chi connectivity index (χ2n) is 6.18. The van der Waals surface area contributed by atoms with Gasteiger partial charge in [0.2, 0.25) is 5.91 Å². The largest absolute Gasteiger partial charge is 0.479 e. The smallest absolute Gasteiger partial charge is 0.216 e. The van der Waals surface area contributed by atoms with Gasteiger partial charge in [0.1, 0.15) is 0 Å². The molecular formula is C21H35N3O2. The molecule has 1 amide bonds. The number of hydrogen-bond acceptors (Lipinski definition) is 3. The normalized spacial score (nSPS) is 13.3. The molecule has 1 aromatic heterocycles. The number of aryl methyl sites for hydroxylation is 1. The molecule has 26 heavy (non-hydrogen) atoms. The van der Waals surface area contributed by atoms with Crippen molar-refractivity contribution in [2.24, 2.45) is 11.7 Å². The number of hydrogen-bond donors (Lipinski definition) is 2. The summed E-state index contributed by atoms with van der Waals surface area (Å²) in [6.45, 7) is 11.1. The molecule has 0 aliphatic carbocycles. The van der Waals surface area contributed by atoms with Gasteiger partial charge in [-0.15, -0.1) is 0 Å². The molecule has 0 spiro atoms. The molecule has 1 aliphatic rings. The Morgan fingerprint density at radius 1 is 1.35 bits per heavy atom. The first-order valence-corrected chi connectivity index (χ1v) is 9.81. The van der Waals surface area contributed by atoms with Crippen LogP contribution in [0.2, 0.25) is 0 Å². The molecule has 3 rings (SSSR count). The fraction of sp³-hybridized carbons (Fsp3) is 0.571. The maximum Gasteiger partial charge on any atom is 0.216 e. The molecule has 1 atom stereocenters. The predicted molar refractivity (Wildman–Crippen MR) is 110 cm³/mol. The SMILES string of the molecule is CC.CC[C@@H](CCN)CNC(C)=O.c1ccc2c(c1)cc1n2CCCO1. The summed E-state index contributed by atoms with van der Waals surface area (Å²) >= 11 is 0. The second-order valence-corrected chi connectivity index (χ2v) is 6.18. The molecule has 2 aromatic rings. The van der Waals surface area contributed by atoms with Crippen LogP contribution in [0.4, 0.5) is 0 Å². The van der Waals surface area contributed by atoms with Crippen LogP contribution in [-0.4, -0.2) is 30.2 Å². The van der Waals surface area contributed by atoms with Crippen LogP contribution in [0, 0.1) is 5.92 Å².